The quantitative estimate of drug-likeness (QED) is 0.548. The van der Waals surface area contributed by atoms with Gasteiger partial charge in [0.2, 0.25) is 5.79 Å². The Morgan fingerprint density at radius 3 is 2.83 bits per heavy atom. The molecule has 1 fully saturated rings. The normalized spacial score (nSPS) is 25.7. The Morgan fingerprint density at radius 1 is 1.44 bits per heavy atom. The van der Waals surface area contributed by atoms with E-state index in [1.54, 1.807) is 6.92 Å². The molecule has 0 aromatic rings. The van der Waals surface area contributed by atoms with Crippen LogP contribution in [0.1, 0.15) is 20.3 Å². The first-order valence-electron chi connectivity index (χ1n) is 5.74. The molecule has 1 saturated heterocycles. The van der Waals surface area contributed by atoms with Gasteiger partial charge in [-0.2, -0.15) is 0 Å². The molecule has 0 radical (unpaired) electrons. The average Bonchev–Trinajstić information content (AvgIpc) is 2.53. The van der Waals surface area contributed by atoms with Crippen molar-refractivity contribution in [2.75, 3.05) is 19.8 Å². The zero-order valence-electron chi connectivity index (χ0n) is 10.6. The fourth-order valence-electron chi connectivity index (χ4n) is 1.37. The fraction of sp³-hybridized carbons (Fsp3) is 0.667. The number of esters is 2. The van der Waals surface area contributed by atoms with E-state index in [1.807, 2.05) is 0 Å². The largest absolute Gasteiger partial charge is 0.447 e. The van der Waals surface area contributed by atoms with Gasteiger partial charge in [0.05, 0.1) is 6.61 Å². The molecule has 2 unspecified atom stereocenters. The van der Waals surface area contributed by atoms with Gasteiger partial charge in [-0.1, -0.05) is 6.58 Å². The van der Waals surface area contributed by atoms with E-state index in [-0.39, 0.29) is 6.61 Å². The molecular formula is C12H18O6. The number of carbonyl (C=O) groups is 2. The highest BCUT2D eigenvalue weighted by Crippen LogP contribution is 2.18. The molecule has 0 N–H and O–H groups in total. The van der Waals surface area contributed by atoms with Crippen molar-refractivity contribution in [1.82, 2.24) is 0 Å². The molecule has 1 aliphatic rings. The van der Waals surface area contributed by atoms with Gasteiger partial charge in [0.1, 0.15) is 6.61 Å². The lowest BCUT2D eigenvalue weighted by atomic mass is 10.3. The molecule has 6 nitrogen and oxygen atoms in total. The van der Waals surface area contributed by atoms with Crippen LogP contribution in [0.2, 0.25) is 0 Å². The minimum Gasteiger partial charge on any atom is -0.447 e. The molecule has 1 heterocycles. The van der Waals surface area contributed by atoms with Gasteiger partial charge in [0.25, 0.3) is 0 Å². The molecule has 0 saturated carbocycles. The Bertz CT molecular complexity index is 317. The maximum Gasteiger partial charge on any atom is 0.349 e. The summed E-state index contributed by atoms with van der Waals surface area (Å²) in [6.45, 7) is 7.44. The maximum absolute atomic E-state index is 11.7. The van der Waals surface area contributed by atoms with E-state index in [4.69, 9.17) is 18.9 Å². The first kappa shape index (κ1) is 14.7. The van der Waals surface area contributed by atoms with Gasteiger partial charge in [0, 0.05) is 19.6 Å². The van der Waals surface area contributed by atoms with Crippen LogP contribution in [0.3, 0.4) is 0 Å². The summed E-state index contributed by atoms with van der Waals surface area (Å²) < 4.78 is 20.6. The molecule has 2 atom stereocenters. The molecule has 6 heteroatoms. The summed E-state index contributed by atoms with van der Waals surface area (Å²) in [6.07, 6.45) is 0.712. The first-order valence-corrected chi connectivity index (χ1v) is 5.74. The van der Waals surface area contributed by atoms with Crippen LogP contribution in [0.15, 0.2) is 12.7 Å². The molecule has 0 amide bonds. The van der Waals surface area contributed by atoms with Crippen molar-refractivity contribution in [3.63, 3.8) is 0 Å². The van der Waals surface area contributed by atoms with Crippen LogP contribution in [0.4, 0.5) is 0 Å². The standard InChI is InChI=1S/C12H18O6/c1-4-10(13)17-9(2)11(14)18-12(3)8-15-6-5-7-16-12/h4,9H,1,5-8H2,2-3H3. The number of carbonyl (C=O) groups excluding carboxylic acids is 2. The molecular weight excluding hydrogens is 240 g/mol. The van der Waals surface area contributed by atoms with Gasteiger partial charge in [0.15, 0.2) is 6.10 Å². The summed E-state index contributed by atoms with van der Waals surface area (Å²) in [7, 11) is 0. The summed E-state index contributed by atoms with van der Waals surface area (Å²) in [6, 6.07) is 0. The molecule has 0 aliphatic carbocycles. The van der Waals surface area contributed by atoms with Crippen LogP contribution in [0.25, 0.3) is 0 Å². The monoisotopic (exact) mass is 258 g/mol. The van der Waals surface area contributed by atoms with E-state index in [1.165, 1.54) is 6.92 Å². The summed E-state index contributed by atoms with van der Waals surface area (Å²) >= 11 is 0. The van der Waals surface area contributed by atoms with E-state index in [9.17, 15) is 9.59 Å². The van der Waals surface area contributed by atoms with Crippen molar-refractivity contribution in [2.45, 2.75) is 32.2 Å². The summed E-state index contributed by atoms with van der Waals surface area (Å²) in [5.41, 5.74) is 0. The smallest absolute Gasteiger partial charge is 0.349 e. The fourth-order valence-corrected chi connectivity index (χ4v) is 1.37. The van der Waals surface area contributed by atoms with Crippen LogP contribution in [-0.2, 0) is 28.5 Å². The van der Waals surface area contributed by atoms with Crippen LogP contribution < -0.4 is 0 Å². The second-order valence-corrected chi connectivity index (χ2v) is 4.09. The van der Waals surface area contributed by atoms with Gasteiger partial charge in [-0.25, -0.2) is 9.59 Å². The van der Waals surface area contributed by atoms with Gasteiger partial charge in [-0.05, 0) is 13.3 Å². The maximum atomic E-state index is 11.7. The Kier molecular flexibility index (Phi) is 5.30. The van der Waals surface area contributed by atoms with Gasteiger partial charge >= 0.3 is 11.9 Å². The zero-order chi connectivity index (χ0) is 13.6. The first-order chi connectivity index (χ1) is 8.47. The number of ether oxygens (including phenoxy) is 4. The van der Waals surface area contributed by atoms with E-state index >= 15 is 0 Å². The second-order valence-electron chi connectivity index (χ2n) is 4.09. The van der Waals surface area contributed by atoms with Gasteiger partial charge < -0.3 is 18.9 Å². The number of rotatable bonds is 4. The summed E-state index contributed by atoms with van der Waals surface area (Å²) in [5, 5.41) is 0. The van der Waals surface area contributed by atoms with E-state index in [2.05, 4.69) is 6.58 Å². The molecule has 1 rings (SSSR count). The lowest BCUT2D eigenvalue weighted by Gasteiger charge is -2.28. The second kappa shape index (κ2) is 6.51. The minimum absolute atomic E-state index is 0.154. The Morgan fingerprint density at radius 2 is 2.17 bits per heavy atom. The summed E-state index contributed by atoms with van der Waals surface area (Å²) in [4.78, 5) is 22.7. The van der Waals surface area contributed by atoms with Crippen LogP contribution in [0, 0.1) is 0 Å². The van der Waals surface area contributed by atoms with Gasteiger partial charge in [-0.3, -0.25) is 0 Å². The molecule has 0 aromatic carbocycles. The van der Waals surface area contributed by atoms with Crippen LogP contribution in [0.5, 0.6) is 0 Å². The third kappa shape index (κ3) is 4.46. The topological polar surface area (TPSA) is 71.1 Å². The minimum atomic E-state index is -1.14. The SMILES string of the molecule is C=CC(=O)OC(C)C(=O)OC1(C)COCCCO1. The van der Waals surface area contributed by atoms with Crippen molar-refractivity contribution >= 4 is 11.9 Å². The number of hydrogen-bond acceptors (Lipinski definition) is 6. The molecule has 1 aliphatic heterocycles. The Hall–Kier alpha value is -1.40. The molecule has 18 heavy (non-hydrogen) atoms. The lowest BCUT2D eigenvalue weighted by Crippen LogP contribution is -2.42. The van der Waals surface area contributed by atoms with Gasteiger partial charge in [-0.15, -0.1) is 0 Å². The average molecular weight is 258 g/mol. The third-order valence-electron chi connectivity index (χ3n) is 2.31. The van der Waals surface area contributed by atoms with E-state index in [0.717, 1.165) is 12.5 Å². The molecule has 0 aromatic heterocycles. The Labute approximate surface area is 106 Å². The van der Waals surface area contributed by atoms with Crippen LogP contribution >= 0.6 is 0 Å². The van der Waals surface area contributed by atoms with Crippen molar-refractivity contribution in [1.29, 1.82) is 0 Å². The van der Waals surface area contributed by atoms with Crippen LogP contribution in [-0.4, -0.2) is 43.7 Å². The van der Waals surface area contributed by atoms with Crippen molar-refractivity contribution in [3.8, 4) is 0 Å². The highest BCUT2D eigenvalue weighted by atomic mass is 16.7. The Balaban J connectivity index is 2.51. The highest BCUT2D eigenvalue weighted by Gasteiger charge is 2.34. The van der Waals surface area contributed by atoms with Crippen molar-refractivity contribution in [2.24, 2.45) is 0 Å². The third-order valence-corrected chi connectivity index (χ3v) is 2.31. The molecule has 102 valence electrons. The van der Waals surface area contributed by atoms with E-state index < -0.39 is 23.8 Å². The molecule has 0 bridgehead atoms. The van der Waals surface area contributed by atoms with Crippen molar-refractivity contribution in [3.05, 3.63) is 12.7 Å². The predicted octanol–water partition coefficient (Wildman–Crippen LogP) is 0.800. The van der Waals surface area contributed by atoms with E-state index in [0.29, 0.717) is 13.2 Å². The lowest BCUT2D eigenvalue weighted by molar-refractivity contribution is -0.238. The predicted molar refractivity (Wildman–Crippen MR) is 61.6 cm³/mol. The molecule has 0 spiro atoms. The highest BCUT2D eigenvalue weighted by molar-refractivity contribution is 5.85. The number of hydrogen-bond donors (Lipinski definition) is 0. The zero-order valence-corrected chi connectivity index (χ0v) is 10.6. The summed E-state index contributed by atoms with van der Waals surface area (Å²) in [5.74, 6) is -2.50. The van der Waals surface area contributed by atoms with Crippen molar-refractivity contribution < 1.29 is 28.5 Å².